The van der Waals surface area contributed by atoms with Gasteiger partial charge in [-0.1, -0.05) is 22.0 Å². The quantitative estimate of drug-likeness (QED) is 0.863. The first kappa shape index (κ1) is 14.0. The van der Waals surface area contributed by atoms with Crippen LogP contribution >= 0.6 is 15.9 Å². The molecule has 1 aromatic carbocycles. The number of carboxylic acids is 1. The fourth-order valence-electron chi connectivity index (χ4n) is 2.06. The van der Waals surface area contributed by atoms with E-state index in [1.807, 2.05) is 18.2 Å². The molecule has 0 aliphatic carbocycles. The number of benzene rings is 1. The summed E-state index contributed by atoms with van der Waals surface area (Å²) in [5, 5.41) is 12.1. The predicted octanol–water partition coefficient (Wildman–Crippen LogP) is 1.47. The molecule has 1 saturated heterocycles. The van der Waals surface area contributed by atoms with E-state index in [4.69, 9.17) is 5.11 Å². The van der Waals surface area contributed by atoms with Gasteiger partial charge in [0.15, 0.2) is 0 Å². The summed E-state index contributed by atoms with van der Waals surface area (Å²) in [6, 6.07) is 6.92. The van der Waals surface area contributed by atoms with Crippen LogP contribution in [0.4, 0.5) is 5.69 Å². The molecule has 102 valence electrons. The normalized spacial score (nSPS) is 24.1. The molecule has 2 rings (SSSR count). The standard InChI is InChI=1S/C13H15BrN2O3/c1-8-12(17)16(7-9(6-15-8)13(18)19)11-4-2-3-10(14)5-11/h2-5,8-9,15H,6-7H2,1H3,(H,18,19). The van der Waals surface area contributed by atoms with Crippen LogP contribution in [0.2, 0.25) is 0 Å². The second-order valence-electron chi connectivity index (χ2n) is 4.59. The van der Waals surface area contributed by atoms with Gasteiger partial charge >= 0.3 is 5.97 Å². The number of halogens is 1. The second-order valence-corrected chi connectivity index (χ2v) is 5.51. The molecule has 1 heterocycles. The monoisotopic (exact) mass is 326 g/mol. The van der Waals surface area contributed by atoms with Crippen LogP contribution in [0.5, 0.6) is 0 Å². The third-order valence-electron chi connectivity index (χ3n) is 3.18. The van der Waals surface area contributed by atoms with Gasteiger partial charge in [-0.15, -0.1) is 0 Å². The van der Waals surface area contributed by atoms with Crippen LogP contribution in [-0.2, 0) is 9.59 Å². The average Bonchev–Trinajstić information content (AvgIpc) is 2.51. The summed E-state index contributed by atoms with van der Waals surface area (Å²) in [5.41, 5.74) is 0.709. The van der Waals surface area contributed by atoms with Crippen LogP contribution in [-0.4, -0.2) is 36.1 Å². The summed E-state index contributed by atoms with van der Waals surface area (Å²) in [6.07, 6.45) is 0. The van der Waals surface area contributed by atoms with Crippen LogP contribution in [0.3, 0.4) is 0 Å². The minimum atomic E-state index is -0.894. The van der Waals surface area contributed by atoms with E-state index in [2.05, 4.69) is 21.2 Å². The topological polar surface area (TPSA) is 69.6 Å². The first-order valence-electron chi connectivity index (χ1n) is 6.02. The van der Waals surface area contributed by atoms with Gasteiger partial charge in [0.05, 0.1) is 12.0 Å². The van der Waals surface area contributed by atoms with E-state index in [9.17, 15) is 9.59 Å². The van der Waals surface area contributed by atoms with Crippen molar-refractivity contribution in [2.45, 2.75) is 13.0 Å². The van der Waals surface area contributed by atoms with Crippen LogP contribution in [0, 0.1) is 5.92 Å². The minimum Gasteiger partial charge on any atom is -0.481 e. The highest BCUT2D eigenvalue weighted by Gasteiger charge is 2.32. The summed E-state index contributed by atoms with van der Waals surface area (Å²) in [7, 11) is 0. The van der Waals surface area contributed by atoms with Gasteiger partial charge in [0.2, 0.25) is 5.91 Å². The Balaban J connectivity index is 2.33. The zero-order valence-electron chi connectivity index (χ0n) is 10.5. The van der Waals surface area contributed by atoms with Crippen molar-refractivity contribution in [1.29, 1.82) is 0 Å². The molecule has 0 aromatic heterocycles. The summed E-state index contributed by atoms with van der Waals surface area (Å²) in [5.74, 6) is -1.61. The Morgan fingerprint density at radius 3 is 2.89 bits per heavy atom. The fourth-order valence-corrected chi connectivity index (χ4v) is 2.44. The first-order valence-corrected chi connectivity index (χ1v) is 6.81. The molecule has 2 N–H and O–H groups in total. The molecular weight excluding hydrogens is 312 g/mol. The lowest BCUT2D eigenvalue weighted by Gasteiger charge is -2.24. The van der Waals surface area contributed by atoms with Gasteiger partial charge in [-0.25, -0.2) is 0 Å². The molecule has 0 saturated carbocycles. The van der Waals surface area contributed by atoms with E-state index in [1.165, 1.54) is 4.90 Å². The molecule has 2 unspecified atom stereocenters. The van der Waals surface area contributed by atoms with Crippen molar-refractivity contribution >= 4 is 33.5 Å². The van der Waals surface area contributed by atoms with Crippen molar-refractivity contribution in [3.63, 3.8) is 0 Å². The molecule has 1 fully saturated rings. The third kappa shape index (κ3) is 3.13. The summed E-state index contributed by atoms with van der Waals surface area (Å²) in [6.45, 7) is 2.23. The van der Waals surface area contributed by atoms with Crippen molar-refractivity contribution < 1.29 is 14.7 Å². The van der Waals surface area contributed by atoms with Crippen LogP contribution in [0.15, 0.2) is 28.7 Å². The molecule has 0 spiro atoms. The largest absolute Gasteiger partial charge is 0.481 e. The van der Waals surface area contributed by atoms with E-state index >= 15 is 0 Å². The number of carbonyl (C=O) groups excluding carboxylic acids is 1. The third-order valence-corrected chi connectivity index (χ3v) is 3.67. The molecule has 19 heavy (non-hydrogen) atoms. The summed E-state index contributed by atoms with van der Waals surface area (Å²) in [4.78, 5) is 25.0. The van der Waals surface area contributed by atoms with Gasteiger partial charge in [-0.05, 0) is 25.1 Å². The molecule has 2 atom stereocenters. The first-order chi connectivity index (χ1) is 8.99. The number of nitrogens with one attached hydrogen (secondary N) is 1. The zero-order chi connectivity index (χ0) is 14.0. The molecule has 6 heteroatoms. The van der Waals surface area contributed by atoms with E-state index in [1.54, 1.807) is 13.0 Å². The number of carbonyl (C=O) groups is 2. The van der Waals surface area contributed by atoms with Crippen LogP contribution < -0.4 is 10.2 Å². The van der Waals surface area contributed by atoms with Crippen molar-refractivity contribution in [3.8, 4) is 0 Å². The van der Waals surface area contributed by atoms with Crippen molar-refractivity contribution in [2.24, 2.45) is 5.92 Å². The maximum atomic E-state index is 12.3. The van der Waals surface area contributed by atoms with Gasteiger partial charge < -0.3 is 15.3 Å². The Hall–Kier alpha value is -1.40. The highest BCUT2D eigenvalue weighted by Crippen LogP contribution is 2.23. The van der Waals surface area contributed by atoms with Crippen LogP contribution in [0.1, 0.15) is 6.92 Å². The molecule has 1 aliphatic rings. The Bertz CT molecular complexity index is 506. The number of amides is 1. The molecule has 1 aliphatic heterocycles. The minimum absolute atomic E-state index is 0.109. The van der Waals surface area contributed by atoms with Crippen molar-refractivity contribution in [2.75, 3.05) is 18.0 Å². The summed E-state index contributed by atoms with van der Waals surface area (Å²) >= 11 is 3.36. The lowest BCUT2D eigenvalue weighted by Crippen LogP contribution is -2.41. The maximum absolute atomic E-state index is 12.3. The molecular formula is C13H15BrN2O3. The number of carboxylic acid groups (broad SMARTS) is 1. The molecule has 0 bridgehead atoms. The Kier molecular flexibility index (Phi) is 4.21. The number of aliphatic carboxylic acids is 1. The van der Waals surface area contributed by atoms with Crippen molar-refractivity contribution in [1.82, 2.24) is 5.32 Å². The van der Waals surface area contributed by atoms with Crippen LogP contribution in [0.25, 0.3) is 0 Å². The average molecular weight is 327 g/mol. The molecule has 1 amide bonds. The lowest BCUT2D eigenvalue weighted by molar-refractivity contribution is -0.141. The van der Waals surface area contributed by atoms with E-state index < -0.39 is 11.9 Å². The lowest BCUT2D eigenvalue weighted by atomic mass is 10.1. The zero-order valence-corrected chi connectivity index (χ0v) is 12.1. The summed E-state index contributed by atoms with van der Waals surface area (Å²) < 4.78 is 0.856. The van der Waals surface area contributed by atoms with Gasteiger partial charge in [0.25, 0.3) is 0 Å². The highest BCUT2D eigenvalue weighted by atomic mass is 79.9. The smallest absolute Gasteiger partial charge is 0.309 e. The van der Waals surface area contributed by atoms with Gasteiger partial charge in [-0.3, -0.25) is 9.59 Å². The Morgan fingerprint density at radius 2 is 2.26 bits per heavy atom. The van der Waals surface area contributed by atoms with E-state index in [0.29, 0.717) is 12.2 Å². The van der Waals surface area contributed by atoms with Crippen molar-refractivity contribution in [3.05, 3.63) is 28.7 Å². The number of anilines is 1. The fraction of sp³-hybridized carbons (Fsp3) is 0.385. The SMILES string of the molecule is CC1NCC(C(=O)O)CN(c2cccc(Br)c2)C1=O. The van der Waals surface area contributed by atoms with Gasteiger partial charge in [-0.2, -0.15) is 0 Å². The Morgan fingerprint density at radius 1 is 1.53 bits per heavy atom. The number of hydrogen-bond donors (Lipinski definition) is 2. The maximum Gasteiger partial charge on any atom is 0.309 e. The second kappa shape index (κ2) is 5.71. The predicted molar refractivity (Wildman–Crippen MR) is 75.1 cm³/mol. The number of nitrogens with zero attached hydrogens (tertiary/aromatic N) is 1. The molecule has 5 nitrogen and oxygen atoms in total. The van der Waals surface area contributed by atoms with E-state index in [0.717, 1.165) is 4.47 Å². The number of rotatable bonds is 2. The number of hydrogen-bond acceptors (Lipinski definition) is 3. The van der Waals surface area contributed by atoms with E-state index in [-0.39, 0.29) is 18.5 Å². The Labute approximate surface area is 119 Å². The molecule has 0 radical (unpaired) electrons. The highest BCUT2D eigenvalue weighted by molar-refractivity contribution is 9.10. The molecule has 1 aromatic rings. The van der Waals surface area contributed by atoms with Gasteiger partial charge in [0, 0.05) is 23.2 Å². The van der Waals surface area contributed by atoms with Gasteiger partial charge in [0.1, 0.15) is 0 Å².